The lowest BCUT2D eigenvalue weighted by atomic mass is 9.63. The van der Waals surface area contributed by atoms with Crippen LogP contribution >= 0.6 is 34.8 Å². The van der Waals surface area contributed by atoms with E-state index in [0.29, 0.717) is 5.56 Å². The SMILES string of the molecule is CC(NC(=O)CCl)(c1ccc(F)c(Cl)c1)C1CC(C(F)(F)F)C1.N#CCCl. The van der Waals surface area contributed by atoms with Gasteiger partial charge < -0.3 is 5.32 Å². The summed E-state index contributed by atoms with van der Waals surface area (Å²) in [5.41, 5.74) is -0.640. The lowest BCUT2D eigenvalue weighted by molar-refractivity contribution is -0.211. The molecule has 0 spiro atoms. The summed E-state index contributed by atoms with van der Waals surface area (Å²) in [6.07, 6.45) is -4.48. The van der Waals surface area contributed by atoms with Gasteiger partial charge in [0, 0.05) is 0 Å². The molecular formula is C17H17Cl3F4N2O. The van der Waals surface area contributed by atoms with Gasteiger partial charge in [-0.3, -0.25) is 4.79 Å². The first-order valence-corrected chi connectivity index (χ1v) is 9.26. The van der Waals surface area contributed by atoms with Crippen LogP contribution < -0.4 is 5.32 Å². The molecule has 3 nitrogen and oxygen atoms in total. The van der Waals surface area contributed by atoms with Crippen molar-refractivity contribution >= 4 is 40.7 Å². The Bertz CT molecular complexity index is 702. The summed E-state index contributed by atoms with van der Waals surface area (Å²) in [5.74, 6) is -3.20. The Morgan fingerprint density at radius 3 is 2.26 bits per heavy atom. The highest BCUT2D eigenvalue weighted by molar-refractivity contribution is 6.30. The highest BCUT2D eigenvalue weighted by atomic mass is 35.5. The third kappa shape index (κ3) is 6.13. The maximum Gasteiger partial charge on any atom is 0.391 e. The van der Waals surface area contributed by atoms with Crippen molar-refractivity contribution < 1.29 is 22.4 Å². The number of hydrogen-bond acceptors (Lipinski definition) is 2. The van der Waals surface area contributed by atoms with Crippen molar-refractivity contribution in [3.63, 3.8) is 0 Å². The average molecular weight is 448 g/mol. The van der Waals surface area contributed by atoms with Crippen LogP contribution in [-0.2, 0) is 10.3 Å². The normalized spacial score (nSPS) is 21.0. The fraction of sp³-hybridized carbons (Fsp3) is 0.529. The molecule has 27 heavy (non-hydrogen) atoms. The number of nitrogens with zero attached hydrogens (tertiary/aromatic N) is 1. The lowest BCUT2D eigenvalue weighted by Gasteiger charge is -2.48. The van der Waals surface area contributed by atoms with Gasteiger partial charge in [0.1, 0.15) is 17.6 Å². The van der Waals surface area contributed by atoms with Gasteiger partial charge in [0.25, 0.3) is 0 Å². The molecule has 0 aromatic heterocycles. The maximum absolute atomic E-state index is 13.3. The Morgan fingerprint density at radius 2 is 1.85 bits per heavy atom. The number of amides is 1. The molecule has 0 aliphatic heterocycles. The molecule has 10 heteroatoms. The van der Waals surface area contributed by atoms with Crippen molar-refractivity contribution in [1.29, 1.82) is 5.26 Å². The maximum atomic E-state index is 13.3. The topological polar surface area (TPSA) is 52.9 Å². The molecule has 1 atom stereocenters. The van der Waals surface area contributed by atoms with E-state index in [1.165, 1.54) is 12.1 Å². The van der Waals surface area contributed by atoms with Gasteiger partial charge in [-0.15, -0.1) is 23.2 Å². The van der Waals surface area contributed by atoms with Crippen LogP contribution in [0, 0.1) is 29.0 Å². The molecule has 1 fully saturated rings. The molecule has 0 saturated heterocycles. The predicted octanol–water partition coefficient (Wildman–Crippen LogP) is 5.39. The standard InChI is InChI=1S/C15H15Cl2F4NO.C2H2ClN/c1-14(22-13(23)7-16,8-2-3-12(18)11(17)6-8)9-4-10(5-9)15(19,20)21;3-1-2-4/h2-3,6,9-10H,4-5,7H2,1H3,(H,22,23);1H2. The highest BCUT2D eigenvalue weighted by Gasteiger charge is 2.54. The molecule has 0 radical (unpaired) electrons. The van der Waals surface area contributed by atoms with Gasteiger partial charge in [0.05, 0.1) is 22.5 Å². The zero-order chi connectivity index (χ0) is 20.8. The quantitative estimate of drug-likeness (QED) is 0.497. The Kier molecular flexibility index (Phi) is 8.65. The zero-order valence-electron chi connectivity index (χ0n) is 14.2. The zero-order valence-corrected chi connectivity index (χ0v) is 16.5. The van der Waals surface area contributed by atoms with Gasteiger partial charge in [-0.1, -0.05) is 17.7 Å². The molecule has 1 N–H and O–H groups in total. The van der Waals surface area contributed by atoms with Gasteiger partial charge in [-0.2, -0.15) is 18.4 Å². The largest absolute Gasteiger partial charge is 0.391 e. The minimum Gasteiger partial charge on any atom is -0.346 e. The van der Waals surface area contributed by atoms with Crippen LogP contribution in [0.1, 0.15) is 25.3 Å². The van der Waals surface area contributed by atoms with E-state index in [4.69, 9.17) is 40.1 Å². The third-order valence-electron chi connectivity index (χ3n) is 4.52. The second kappa shape index (κ2) is 9.81. The minimum atomic E-state index is -4.26. The van der Waals surface area contributed by atoms with Gasteiger partial charge >= 0.3 is 6.18 Å². The van der Waals surface area contributed by atoms with Gasteiger partial charge in [-0.25, -0.2) is 4.39 Å². The van der Waals surface area contributed by atoms with E-state index >= 15 is 0 Å². The fourth-order valence-electron chi connectivity index (χ4n) is 2.91. The number of nitrogens with one attached hydrogen (secondary N) is 1. The highest BCUT2D eigenvalue weighted by Crippen LogP contribution is 2.51. The van der Waals surface area contributed by atoms with E-state index < -0.39 is 35.3 Å². The molecule has 1 aromatic carbocycles. The summed E-state index contributed by atoms with van der Waals surface area (Å²) in [5, 5.41) is 10.0. The smallest absolute Gasteiger partial charge is 0.346 e. The second-order valence-electron chi connectivity index (χ2n) is 6.21. The summed E-state index contributed by atoms with van der Waals surface area (Å²) in [6.45, 7) is 1.61. The van der Waals surface area contributed by atoms with E-state index in [2.05, 4.69) is 5.32 Å². The van der Waals surface area contributed by atoms with E-state index in [9.17, 15) is 22.4 Å². The molecule has 2 rings (SSSR count). The third-order valence-corrected chi connectivity index (χ3v) is 5.17. The summed E-state index contributed by atoms with van der Waals surface area (Å²) in [6, 6.07) is 5.56. The number of rotatable bonds is 4. The molecule has 1 aliphatic carbocycles. The Balaban J connectivity index is 0.000000828. The van der Waals surface area contributed by atoms with E-state index in [1.54, 1.807) is 13.0 Å². The Hall–Kier alpha value is -1.23. The predicted molar refractivity (Wildman–Crippen MR) is 96.2 cm³/mol. The number of carbonyl (C=O) groups is 1. The monoisotopic (exact) mass is 446 g/mol. The number of benzene rings is 1. The molecule has 0 bridgehead atoms. The van der Waals surface area contributed by atoms with E-state index in [1.807, 2.05) is 0 Å². The number of halogens is 7. The Morgan fingerprint density at radius 1 is 1.30 bits per heavy atom. The van der Waals surface area contributed by atoms with Crippen LogP contribution in [0.15, 0.2) is 18.2 Å². The van der Waals surface area contributed by atoms with Crippen LogP contribution in [0.4, 0.5) is 17.6 Å². The number of alkyl halides is 5. The summed E-state index contributed by atoms with van der Waals surface area (Å²) < 4.78 is 51.5. The van der Waals surface area contributed by atoms with Crippen molar-refractivity contribution in [2.24, 2.45) is 11.8 Å². The van der Waals surface area contributed by atoms with E-state index in [-0.39, 0.29) is 29.6 Å². The van der Waals surface area contributed by atoms with Gasteiger partial charge in [-0.05, 0) is 43.4 Å². The van der Waals surface area contributed by atoms with Gasteiger partial charge in [0.15, 0.2) is 0 Å². The van der Waals surface area contributed by atoms with Crippen molar-refractivity contribution in [3.05, 3.63) is 34.6 Å². The van der Waals surface area contributed by atoms with Crippen molar-refractivity contribution in [1.82, 2.24) is 5.32 Å². The van der Waals surface area contributed by atoms with Crippen molar-refractivity contribution in [3.8, 4) is 6.07 Å². The Labute approximate surface area is 169 Å². The first-order valence-electron chi connectivity index (χ1n) is 7.81. The van der Waals surface area contributed by atoms with Crippen molar-refractivity contribution in [2.45, 2.75) is 31.5 Å². The van der Waals surface area contributed by atoms with Crippen LogP contribution in [0.2, 0.25) is 5.02 Å². The molecule has 1 unspecified atom stereocenters. The molecule has 150 valence electrons. The fourth-order valence-corrected chi connectivity index (χ4v) is 3.16. The lowest BCUT2D eigenvalue weighted by Crippen LogP contribution is -2.55. The molecule has 1 saturated carbocycles. The first-order chi connectivity index (χ1) is 12.5. The summed E-state index contributed by atoms with van der Waals surface area (Å²) >= 11 is 16.1. The molecule has 1 aromatic rings. The summed E-state index contributed by atoms with van der Waals surface area (Å²) in [7, 11) is 0. The number of carbonyl (C=O) groups excluding carboxylic acids is 1. The summed E-state index contributed by atoms with van der Waals surface area (Å²) in [4.78, 5) is 11.7. The van der Waals surface area contributed by atoms with Crippen LogP contribution in [0.5, 0.6) is 0 Å². The van der Waals surface area contributed by atoms with Crippen molar-refractivity contribution in [2.75, 3.05) is 11.8 Å². The van der Waals surface area contributed by atoms with Gasteiger partial charge in [0.2, 0.25) is 5.91 Å². The molecule has 0 heterocycles. The minimum absolute atomic E-state index is 0.0972. The van der Waals surface area contributed by atoms with Crippen LogP contribution in [0.25, 0.3) is 0 Å². The van der Waals surface area contributed by atoms with E-state index in [0.717, 1.165) is 6.07 Å². The molecule has 1 amide bonds. The second-order valence-corrected chi connectivity index (χ2v) is 7.15. The number of nitriles is 1. The van der Waals surface area contributed by atoms with Crippen LogP contribution in [-0.4, -0.2) is 23.8 Å². The first kappa shape index (κ1) is 23.8. The molecular weight excluding hydrogens is 431 g/mol. The average Bonchev–Trinajstić information content (AvgIpc) is 2.54. The number of hydrogen-bond donors (Lipinski definition) is 1. The molecule has 1 aliphatic rings. The van der Waals surface area contributed by atoms with Crippen LogP contribution in [0.3, 0.4) is 0 Å².